The zero-order valence-corrected chi connectivity index (χ0v) is 16.3. The first-order valence-electron chi connectivity index (χ1n) is 9.49. The molecule has 4 aromatic rings. The Bertz CT molecular complexity index is 1200. The summed E-state index contributed by atoms with van der Waals surface area (Å²) in [5.74, 6) is 0.724. The van der Waals surface area contributed by atoms with E-state index in [1.165, 1.54) is 12.1 Å². The summed E-state index contributed by atoms with van der Waals surface area (Å²) in [6.45, 7) is 0.0137. The van der Waals surface area contributed by atoms with Crippen LogP contribution in [0.3, 0.4) is 0 Å². The average molecular weight is 425 g/mol. The summed E-state index contributed by atoms with van der Waals surface area (Å²) < 4.78 is 46.2. The number of ether oxygens (including phenoxy) is 1. The maximum Gasteiger partial charge on any atom is 0.416 e. The topological polar surface area (TPSA) is 56.2 Å². The molecule has 0 spiro atoms. The molecule has 0 aliphatic rings. The Morgan fingerprint density at radius 2 is 1.71 bits per heavy atom. The lowest BCUT2D eigenvalue weighted by molar-refractivity contribution is -0.137. The van der Waals surface area contributed by atoms with Gasteiger partial charge in [0.05, 0.1) is 16.6 Å². The van der Waals surface area contributed by atoms with E-state index in [0.29, 0.717) is 17.1 Å². The lowest BCUT2D eigenvalue weighted by Crippen LogP contribution is -2.21. The van der Waals surface area contributed by atoms with Crippen molar-refractivity contribution < 1.29 is 22.7 Å². The van der Waals surface area contributed by atoms with E-state index in [1.807, 2.05) is 54.6 Å². The Morgan fingerprint density at radius 3 is 2.48 bits per heavy atom. The van der Waals surface area contributed by atoms with Crippen LogP contribution >= 0.6 is 0 Å². The van der Waals surface area contributed by atoms with Crippen molar-refractivity contribution in [2.24, 2.45) is 0 Å². The first-order chi connectivity index (χ1) is 14.9. The fraction of sp³-hybridized carbons (Fsp3) is 0.130. The van der Waals surface area contributed by atoms with Gasteiger partial charge in [-0.15, -0.1) is 0 Å². The molecule has 1 aromatic heterocycles. The standard InChI is InChI=1S/C23H18F3N3O2/c24-23(25,26)16-7-6-8-17(13-16)27-22(30)14-29-20-12-5-4-11-19(20)28-21(29)15-31-18-9-2-1-3-10-18/h1-13H,14-15H2,(H,27,30). The molecule has 1 N–H and O–H groups in total. The zero-order valence-electron chi connectivity index (χ0n) is 16.3. The van der Waals surface area contributed by atoms with Gasteiger partial charge >= 0.3 is 6.18 Å². The van der Waals surface area contributed by atoms with Gasteiger partial charge in [-0.3, -0.25) is 4.79 Å². The minimum Gasteiger partial charge on any atom is -0.486 e. The molecule has 8 heteroatoms. The lowest BCUT2D eigenvalue weighted by atomic mass is 10.2. The molecule has 0 saturated carbocycles. The summed E-state index contributed by atoms with van der Waals surface area (Å²) >= 11 is 0. The number of alkyl halides is 3. The first-order valence-corrected chi connectivity index (χ1v) is 9.49. The number of rotatable bonds is 6. The third-order valence-electron chi connectivity index (χ3n) is 4.62. The van der Waals surface area contributed by atoms with Crippen LogP contribution in [0, 0.1) is 0 Å². The van der Waals surface area contributed by atoms with Gasteiger partial charge in [-0.25, -0.2) is 4.98 Å². The number of fused-ring (bicyclic) bond motifs is 1. The quantitative estimate of drug-likeness (QED) is 0.458. The van der Waals surface area contributed by atoms with E-state index in [4.69, 9.17) is 4.74 Å². The highest BCUT2D eigenvalue weighted by Gasteiger charge is 2.30. The van der Waals surface area contributed by atoms with Gasteiger partial charge in [0.2, 0.25) is 5.91 Å². The number of para-hydroxylation sites is 3. The van der Waals surface area contributed by atoms with Gasteiger partial charge in [-0.1, -0.05) is 36.4 Å². The monoisotopic (exact) mass is 425 g/mol. The number of aromatic nitrogens is 2. The minimum atomic E-state index is -4.48. The minimum absolute atomic E-state index is 0.0753. The molecule has 0 fully saturated rings. The van der Waals surface area contributed by atoms with E-state index in [2.05, 4.69) is 10.3 Å². The van der Waals surface area contributed by atoms with Gasteiger partial charge < -0.3 is 14.6 Å². The van der Waals surface area contributed by atoms with Crippen LogP contribution in [0.2, 0.25) is 0 Å². The van der Waals surface area contributed by atoms with E-state index in [1.54, 1.807) is 4.57 Å². The van der Waals surface area contributed by atoms with Crippen LogP contribution in [0.15, 0.2) is 78.9 Å². The van der Waals surface area contributed by atoms with Crippen molar-refractivity contribution in [3.8, 4) is 5.75 Å². The number of benzene rings is 3. The fourth-order valence-electron chi connectivity index (χ4n) is 3.19. The van der Waals surface area contributed by atoms with Crippen LogP contribution in [0.25, 0.3) is 11.0 Å². The summed E-state index contributed by atoms with van der Waals surface area (Å²) in [5.41, 5.74) is 0.677. The number of anilines is 1. The number of imidazole rings is 1. The summed E-state index contributed by atoms with van der Waals surface area (Å²) in [4.78, 5) is 17.2. The number of halogens is 3. The Kier molecular flexibility index (Phi) is 5.62. The van der Waals surface area contributed by atoms with Crippen LogP contribution in [-0.2, 0) is 24.1 Å². The molecule has 31 heavy (non-hydrogen) atoms. The van der Waals surface area contributed by atoms with Crippen molar-refractivity contribution in [2.45, 2.75) is 19.3 Å². The smallest absolute Gasteiger partial charge is 0.416 e. The second-order valence-corrected chi connectivity index (χ2v) is 6.83. The molecule has 158 valence electrons. The van der Waals surface area contributed by atoms with E-state index in [-0.39, 0.29) is 18.8 Å². The molecule has 1 heterocycles. The Morgan fingerprint density at radius 1 is 0.968 bits per heavy atom. The summed E-state index contributed by atoms with van der Waals surface area (Å²) in [5, 5.41) is 2.53. The zero-order chi connectivity index (χ0) is 21.8. The molecule has 0 unspecified atom stereocenters. The molecule has 0 bridgehead atoms. The second kappa shape index (κ2) is 8.51. The predicted molar refractivity (Wildman–Crippen MR) is 111 cm³/mol. The highest BCUT2D eigenvalue weighted by molar-refractivity contribution is 5.91. The Balaban J connectivity index is 1.55. The van der Waals surface area contributed by atoms with Crippen LogP contribution in [-0.4, -0.2) is 15.5 Å². The SMILES string of the molecule is O=C(Cn1c(COc2ccccc2)nc2ccccc21)Nc1cccc(C(F)(F)F)c1. The summed E-state index contributed by atoms with van der Waals surface area (Å²) in [6, 6.07) is 21.0. The van der Waals surface area contributed by atoms with Gasteiger partial charge in [0, 0.05) is 5.69 Å². The van der Waals surface area contributed by atoms with E-state index in [9.17, 15) is 18.0 Å². The number of nitrogens with one attached hydrogen (secondary N) is 1. The van der Waals surface area contributed by atoms with Crippen molar-refractivity contribution in [1.29, 1.82) is 0 Å². The maximum absolute atomic E-state index is 12.9. The third-order valence-corrected chi connectivity index (χ3v) is 4.62. The molecular formula is C23H18F3N3O2. The van der Waals surface area contributed by atoms with Crippen molar-refractivity contribution in [3.05, 3.63) is 90.3 Å². The predicted octanol–water partition coefficient (Wildman–Crippen LogP) is 5.27. The van der Waals surface area contributed by atoms with Crippen molar-refractivity contribution >= 4 is 22.6 Å². The Labute approximate surface area is 176 Å². The second-order valence-electron chi connectivity index (χ2n) is 6.83. The number of carbonyl (C=O) groups is 1. The molecule has 0 radical (unpaired) electrons. The number of amides is 1. The number of hydrogen-bond acceptors (Lipinski definition) is 3. The molecule has 0 aliphatic heterocycles. The first kappa shape index (κ1) is 20.5. The Hall–Kier alpha value is -3.81. The van der Waals surface area contributed by atoms with Gasteiger partial charge in [-0.2, -0.15) is 13.2 Å². The molecular weight excluding hydrogens is 407 g/mol. The molecule has 3 aromatic carbocycles. The van der Waals surface area contributed by atoms with Gasteiger partial charge in [0.25, 0.3) is 0 Å². The number of hydrogen-bond donors (Lipinski definition) is 1. The normalized spacial score (nSPS) is 11.5. The molecule has 0 saturated heterocycles. The third kappa shape index (κ3) is 4.85. The van der Waals surface area contributed by atoms with Crippen LogP contribution in [0.5, 0.6) is 5.75 Å². The van der Waals surface area contributed by atoms with Gasteiger partial charge in [0.15, 0.2) is 0 Å². The van der Waals surface area contributed by atoms with Gasteiger partial charge in [-0.05, 0) is 42.5 Å². The van der Waals surface area contributed by atoms with Crippen molar-refractivity contribution in [3.63, 3.8) is 0 Å². The maximum atomic E-state index is 12.9. The largest absolute Gasteiger partial charge is 0.486 e. The molecule has 0 aliphatic carbocycles. The molecule has 4 rings (SSSR count). The fourth-order valence-corrected chi connectivity index (χ4v) is 3.19. The van der Waals surface area contributed by atoms with Crippen LogP contribution in [0.4, 0.5) is 18.9 Å². The van der Waals surface area contributed by atoms with Crippen molar-refractivity contribution in [1.82, 2.24) is 9.55 Å². The highest BCUT2D eigenvalue weighted by atomic mass is 19.4. The van der Waals surface area contributed by atoms with Crippen LogP contribution in [0.1, 0.15) is 11.4 Å². The van der Waals surface area contributed by atoms with Gasteiger partial charge in [0.1, 0.15) is 24.7 Å². The lowest BCUT2D eigenvalue weighted by Gasteiger charge is -2.12. The summed E-state index contributed by atoms with van der Waals surface area (Å²) in [6.07, 6.45) is -4.48. The molecule has 1 amide bonds. The van der Waals surface area contributed by atoms with Crippen molar-refractivity contribution in [2.75, 3.05) is 5.32 Å². The van der Waals surface area contributed by atoms with Crippen LogP contribution < -0.4 is 10.1 Å². The average Bonchev–Trinajstić information content (AvgIpc) is 3.10. The molecule has 0 atom stereocenters. The van der Waals surface area contributed by atoms with E-state index >= 15 is 0 Å². The molecule has 5 nitrogen and oxygen atoms in total. The summed E-state index contributed by atoms with van der Waals surface area (Å²) in [7, 11) is 0. The van der Waals surface area contributed by atoms with E-state index in [0.717, 1.165) is 17.6 Å². The van der Waals surface area contributed by atoms with E-state index < -0.39 is 17.6 Å². The number of nitrogens with zero attached hydrogens (tertiary/aromatic N) is 2. The highest BCUT2D eigenvalue weighted by Crippen LogP contribution is 2.30. The number of carbonyl (C=O) groups excluding carboxylic acids is 1.